The number of nitriles is 1. The fourth-order valence-electron chi connectivity index (χ4n) is 3.04. The molecule has 0 aromatic carbocycles. The second-order valence-corrected chi connectivity index (χ2v) is 6.68. The van der Waals surface area contributed by atoms with Crippen molar-refractivity contribution in [2.75, 3.05) is 6.61 Å². The van der Waals surface area contributed by atoms with Crippen molar-refractivity contribution >= 4 is 0 Å². The first kappa shape index (κ1) is 17.5. The fourth-order valence-corrected chi connectivity index (χ4v) is 3.04. The van der Waals surface area contributed by atoms with Gasteiger partial charge in [0.15, 0.2) is 0 Å². The molecule has 1 fully saturated rings. The summed E-state index contributed by atoms with van der Waals surface area (Å²) >= 11 is 0. The van der Waals surface area contributed by atoms with Crippen LogP contribution in [0.5, 0.6) is 0 Å². The third-order valence-electron chi connectivity index (χ3n) is 4.08. The molecule has 116 valence electrons. The van der Waals surface area contributed by atoms with Gasteiger partial charge in [-0.25, -0.2) is 0 Å². The summed E-state index contributed by atoms with van der Waals surface area (Å²) in [5, 5.41) is 12.6. The van der Waals surface area contributed by atoms with E-state index in [2.05, 4.69) is 25.2 Å². The van der Waals surface area contributed by atoms with Crippen LogP contribution in [0.2, 0.25) is 0 Å². The second kappa shape index (κ2) is 9.37. The van der Waals surface area contributed by atoms with Crippen molar-refractivity contribution in [1.82, 2.24) is 5.32 Å². The Kier molecular flexibility index (Phi) is 8.18. The van der Waals surface area contributed by atoms with Crippen LogP contribution in [0.4, 0.5) is 0 Å². The van der Waals surface area contributed by atoms with Crippen LogP contribution in [-0.4, -0.2) is 24.3 Å². The summed E-state index contributed by atoms with van der Waals surface area (Å²) in [6, 6.07) is 2.76. The molecule has 3 heteroatoms. The molecule has 1 aliphatic rings. The van der Waals surface area contributed by atoms with Gasteiger partial charge >= 0.3 is 0 Å². The van der Waals surface area contributed by atoms with Gasteiger partial charge in [-0.1, -0.05) is 25.7 Å². The maximum atomic E-state index is 9.28. The molecule has 0 aliphatic heterocycles. The van der Waals surface area contributed by atoms with Crippen molar-refractivity contribution in [2.45, 2.75) is 96.2 Å². The van der Waals surface area contributed by atoms with Gasteiger partial charge in [-0.2, -0.15) is 5.26 Å². The molecule has 0 radical (unpaired) electrons. The van der Waals surface area contributed by atoms with Crippen LogP contribution in [0.3, 0.4) is 0 Å². The summed E-state index contributed by atoms with van der Waals surface area (Å²) in [5.41, 5.74) is -0.392. The van der Waals surface area contributed by atoms with E-state index in [4.69, 9.17) is 4.74 Å². The Labute approximate surface area is 125 Å². The summed E-state index contributed by atoms with van der Waals surface area (Å²) in [5.74, 6) is 0. The predicted molar refractivity (Wildman–Crippen MR) is 83.6 cm³/mol. The molecule has 1 N–H and O–H groups in total. The van der Waals surface area contributed by atoms with Crippen molar-refractivity contribution in [3.05, 3.63) is 0 Å². The molecule has 1 saturated carbocycles. The fraction of sp³-hybridized carbons (Fsp3) is 0.941. The minimum Gasteiger partial charge on any atom is -0.378 e. The predicted octanol–water partition coefficient (Wildman–Crippen LogP) is 4.18. The zero-order valence-electron chi connectivity index (χ0n) is 13.6. The molecular weight excluding hydrogens is 248 g/mol. The van der Waals surface area contributed by atoms with E-state index in [1.54, 1.807) is 0 Å². The number of unbranched alkanes of at least 4 members (excludes halogenated alkanes) is 1. The van der Waals surface area contributed by atoms with Gasteiger partial charge in [0.2, 0.25) is 0 Å². The lowest BCUT2D eigenvalue weighted by Gasteiger charge is -2.26. The number of nitrogens with one attached hydrogen (secondary N) is 1. The van der Waals surface area contributed by atoms with E-state index >= 15 is 0 Å². The van der Waals surface area contributed by atoms with Crippen LogP contribution in [0.25, 0.3) is 0 Å². The van der Waals surface area contributed by atoms with Crippen molar-refractivity contribution in [1.29, 1.82) is 5.26 Å². The Morgan fingerprint density at radius 3 is 2.40 bits per heavy atom. The first-order valence-corrected chi connectivity index (χ1v) is 8.36. The molecule has 1 unspecified atom stereocenters. The molecule has 0 amide bonds. The standard InChI is InChI=1S/C17H32N2O/c1-15(2)19-17(3,14-18)12-8-9-13-20-16-10-6-4-5-7-11-16/h15-16,19H,4-13H2,1-3H3. The van der Waals surface area contributed by atoms with Crippen molar-refractivity contribution in [3.8, 4) is 6.07 Å². The lowest BCUT2D eigenvalue weighted by Crippen LogP contribution is -2.44. The molecule has 1 rings (SSSR count). The van der Waals surface area contributed by atoms with E-state index < -0.39 is 5.54 Å². The lowest BCUT2D eigenvalue weighted by atomic mass is 9.96. The maximum absolute atomic E-state index is 9.28. The Bertz CT molecular complexity index is 290. The molecule has 20 heavy (non-hydrogen) atoms. The third-order valence-corrected chi connectivity index (χ3v) is 4.08. The molecule has 0 aromatic rings. The van der Waals surface area contributed by atoms with E-state index in [1.807, 2.05) is 6.92 Å². The van der Waals surface area contributed by atoms with E-state index in [0.717, 1.165) is 25.9 Å². The number of rotatable bonds is 8. The van der Waals surface area contributed by atoms with E-state index in [9.17, 15) is 5.26 Å². The van der Waals surface area contributed by atoms with Crippen LogP contribution in [0.15, 0.2) is 0 Å². The molecular formula is C17H32N2O. The molecule has 0 bridgehead atoms. The van der Waals surface area contributed by atoms with Crippen LogP contribution in [0, 0.1) is 11.3 Å². The van der Waals surface area contributed by atoms with E-state index in [-0.39, 0.29) is 0 Å². The highest BCUT2D eigenvalue weighted by molar-refractivity contribution is 5.04. The Balaban J connectivity index is 2.12. The third kappa shape index (κ3) is 7.26. The quantitative estimate of drug-likeness (QED) is 0.536. The molecule has 0 spiro atoms. The molecule has 3 nitrogen and oxygen atoms in total. The Morgan fingerprint density at radius 1 is 1.20 bits per heavy atom. The minimum atomic E-state index is -0.392. The average Bonchev–Trinajstić information content (AvgIpc) is 2.66. The molecule has 0 aromatic heterocycles. The van der Waals surface area contributed by atoms with Crippen LogP contribution in [-0.2, 0) is 4.74 Å². The minimum absolute atomic E-state index is 0.349. The number of ether oxygens (including phenoxy) is 1. The molecule has 0 heterocycles. The van der Waals surface area contributed by atoms with Gasteiger partial charge in [0.05, 0.1) is 12.2 Å². The Morgan fingerprint density at radius 2 is 1.85 bits per heavy atom. The van der Waals surface area contributed by atoms with Crippen molar-refractivity contribution in [2.24, 2.45) is 0 Å². The SMILES string of the molecule is CC(C)NC(C)(C#N)CCCCOC1CCCCCC1. The monoisotopic (exact) mass is 280 g/mol. The lowest BCUT2D eigenvalue weighted by molar-refractivity contribution is 0.0403. The first-order valence-electron chi connectivity index (χ1n) is 8.36. The highest BCUT2D eigenvalue weighted by atomic mass is 16.5. The van der Waals surface area contributed by atoms with Crippen molar-refractivity contribution < 1.29 is 4.74 Å². The van der Waals surface area contributed by atoms with Crippen LogP contribution < -0.4 is 5.32 Å². The van der Waals surface area contributed by atoms with Crippen LogP contribution in [0.1, 0.15) is 78.6 Å². The van der Waals surface area contributed by atoms with Gasteiger partial charge in [-0.15, -0.1) is 0 Å². The zero-order valence-corrected chi connectivity index (χ0v) is 13.6. The van der Waals surface area contributed by atoms with Gasteiger partial charge in [-0.05, 0) is 52.9 Å². The zero-order chi connectivity index (χ0) is 14.8. The van der Waals surface area contributed by atoms with Gasteiger partial charge < -0.3 is 4.74 Å². The molecule has 1 aliphatic carbocycles. The molecule has 1 atom stereocenters. The van der Waals surface area contributed by atoms with E-state index in [0.29, 0.717) is 12.1 Å². The van der Waals surface area contributed by atoms with Crippen molar-refractivity contribution in [3.63, 3.8) is 0 Å². The topological polar surface area (TPSA) is 45.0 Å². The highest BCUT2D eigenvalue weighted by Crippen LogP contribution is 2.20. The largest absolute Gasteiger partial charge is 0.378 e. The van der Waals surface area contributed by atoms with Gasteiger partial charge in [-0.3, -0.25) is 5.32 Å². The highest BCUT2D eigenvalue weighted by Gasteiger charge is 2.23. The summed E-state index contributed by atoms with van der Waals surface area (Å²) in [6.45, 7) is 7.03. The number of nitrogens with zero attached hydrogens (tertiary/aromatic N) is 1. The van der Waals surface area contributed by atoms with E-state index in [1.165, 1.54) is 38.5 Å². The Hall–Kier alpha value is -0.590. The van der Waals surface area contributed by atoms with Gasteiger partial charge in [0.25, 0.3) is 0 Å². The second-order valence-electron chi connectivity index (χ2n) is 6.68. The normalized spacial score (nSPS) is 20.4. The van der Waals surface area contributed by atoms with Gasteiger partial charge in [0.1, 0.15) is 5.54 Å². The van der Waals surface area contributed by atoms with Gasteiger partial charge in [0, 0.05) is 12.6 Å². The van der Waals surface area contributed by atoms with Crippen LogP contribution >= 0.6 is 0 Å². The summed E-state index contributed by atoms with van der Waals surface area (Å²) in [6.07, 6.45) is 11.4. The summed E-state index contributed by atoms with van der Waals surface area (Å²) in [4.78, 5) is 0. The number of hydrogen-bond acceptors (Lipinski definition) is 3. The maximum Gasteiger partial charge on any atom is 0.104 e. The summed E-state index contributed by atoms with van der Waals surface area (Å²) in [7, 11) is 0. The molecule has 0 saturated heterocycles. The summed E-state index contributed by atoms with van der Waals surface area (Å²) < 4.78 is 5.99. The first-order chi connectivity index (χ1) is 9.56. The number of hydrogen-bond donors (Lipinski definition) is 1. The average molecular weight is 280 g/mol. The smallest absolute Gasteiger partial charge is 0.104 e.